The topological polar surface area (TPSA) is 124 Å². The predicted octanol–water partition coefficient (Wildman–Crippen LogP) is 29.3. The number of hydrogen-bond acceptors (Lipinski definition) is 7. The van der Waals surface area contributed by atoms with E-state index in [1.54, 1.807) is 0 Å². The lowest BCUT2D eigenvalue weighted by atomic mass is 9.92. The van der Waals surface area contributed by atoms with Crippen molar-refractivity contribution in [1.82, 2.24) is 38.5 Å². The van der Waals surface area contributed by atoms with E-state index >= 15 is 0 Å². The minimum absolute atomic E-state index is 0.223. The van der Waals surface area contributed by atoms with Crippen LogP contribution in [-0.4, -0.2) is 38.5 Å². The van der Waals surface area contributed by atoms with Crippen molar-refractivity contribution in [3.05, 3.63) is 376 Å². The number of benzene rings is 11. The molecule has 0 unspecified atom stereocenters. The Bertz CT molecular complexity index is 8480. The second-order valence-electron chi connectivity index (χ2n) is 40.2. The van der Waals surface area contributed by atoms with Crippen molar-refractivity contribution in [3.63, 3.8) is 0 Å². The summed E-state index contributed by atoms with van der Waals surface area (Å²) in [5.41, 5.74) is 37.6. The van der Waals surface area contributed by atoms with E-state index in [-0.39, 0.29) is 11.8 Å². The highest BCUT2D eigenvalue weighted by Gasteiger charge is 2.35. The van der Waals surface area contributed by atoms with Crippen LogP contribution in [0.1, 0.15) is 203 Å². The van der Waals surface area contributed by atoms with Crippen LogP contribution in [0.5, 0.6) is 0 Å². The van der Waals surface area contributed by atoms with Gasteiger partial charge >= 0.3 is 0 Å². The third-order valence-corrected chi connectivity index (χ3v) is 28.1. The summed E-state index contributed by atoms with van der Waals surface area (Å²) < 4.78 is 31.1. The zero-order chi connectivity index (χ0) is 99.5. The summed E-state index contributed by atoms with van der Waals surface area (Å²) in [6, 6.07) is 93.2. The molecule has 0 fully saturated rings. The summed E-state index contributed by atoms with van der Waals surface area (Å²) in [5, 5.41) is 10.7. The van der Waals surface area contributed by atoms with Crippen molar-refractivity contribution >= 4 is 93.3 Å². The van der Waals surface area contributed by atoms with Crippen LogP contribution < -0.4 is 22.8 Å². The fourth-order valence-electron chi connectivity index (χ4n) is 20.7. The molecule has 0 aliphatic carbocycles. The highest BCUT2D eigenvalue weighted by Crippen LogP contribution is 2.45. The highest BCUT2D eigenvalue weighted by atomic mass is 16.3. The first-order chi connectivity index (χ1) is 67.8. The van der Waals surface area contributed by atoms with Crippen molar-refractivity contribution < 1.29 is 31.7 Å². The lowest BCUT2D eigenvalue weighted by molar-refractivity contribution is -0.660. The Kier molecular flexibility index (Phi) is 27.0. The van der Waals surface area contributed by atoms with Crippen LogP contribution in [0.4, 0.5) is 0 Å². The number of nitrogens with zero attached hydrogens (tertiary/aromatic N) is 13. The monoisotopic (exact) mass is 1860 g/mol. The molecule has 708 valence electrons. The lowest BCUT2D eigenvalue weighted by Crippen LogP contribution is -2.30. The molecule has 0 aliphatic heterocycles. The minimum Gasteiger partial charge on any atom is -0.437 e. The van der Waals surface area contributed by atoms with E-state index in [1.807, 2.05) is 26.0 Å². The predicted molar refractivity (Wildman–Crippen MR) is 581 cm³/mol. The summed E-state index contributed by atoms with van der Waals surface area (Å²) >= 11 is 0. The van der Waals surface area contributed by atoms with Crippen molar-refractivity contribution in [2.75, 3.05) is 0 Å². The number of furan rings is 2. The molecule has 22 aromatic rings. The maximum Gasteiger partial charge on any atom is 0.295 e. The van der Waals surface area contributed by atoms with Gasteiger partial charge in [0, 0.05) is 107 Å². The van der Waals surface area contributed by atoms with Gasteiger partial charge in [-0.3, -0.25) is 0 Å². The van der Waals surface area contributed by atoms with Gasteiger partial charge in [0.1, 0.15) is 61.2 Å². The molecule has 0 aliphatic rings. The van der Waals surface area contributed by atoms with Crippen molar-refractivity contribution in [1.29, 1.82) is 0 Å². The average Bonchev–Trinajstić information content (AvgIpc) is 1.59. The number of pyridine rings is 5. The SMILES string of the molecule is Cc1ccc2c(n1)oc1c(-c3c4ccccc4cc[n+]3C)c(C)ccc12.Cc1ccc2c(n1)oc1c(-c3cc(-c4nc(C(C)C)nc(C(C)C)n4)cc[n+]3C)c(C)ccc12.Cc1cccc(C)c1-c1c[n+](C)c2c3c(C)cccc3c3ccccc3n12.Cc1ccccc1-c1n(-c2c(C(C)C)cccc2C(C)C)c2ccccc2[n+]1C.Cc1ccccc1-c1n(-c2c(C(C)C)cccc2C(C)C)cc[n+]1C. The Morgan fingerprint density at radius 1 is 0.326 bits per heavy atom. The molecule has 0 radical (unpaired) electrons. The first-order valence-electron chi connectivity index (χ1n) is 49.8. The largest absolute Gasteiger partial charge is 0.437 e. The van der Waals surface area contributed by atoms with E-state index in [2.05, 4.69) is 493 Å². The van der Waals surface area contributed by atoms with Gasteiger partial charge in [0.2, 0.25) is 22.8 Å². The number of aryl methyl sites for hydroxylation is 14. The minimum atomic E-state index is 0.223. The van der Waals surface area contributed by atoms with E-state index in [9.17, 15) is 0 Å². The van der Waals surface area contributed by atoms with E-state index in [0.717, 1.165) is 83.7 Å². The molecule has 22 rings (SSSR count). The second-order valence-corrected chi connectivity index (χ2v) is 40.2. The molecule has 0 amide bonds. The van der Waals surface area contributed by atoms with E-state index < -0.39 is 0 Å². The zero-order valence-corrected chi connectivity index (χ0v) is 86.8. The van der Waals surface area contributed by atoms with Crippen LogP contribution in [0.25, 0.3) is 173 Å². The molecule has 0 saturated heterocycles. The zero-order valence-electron chi connectivity index (χ0n) is 86.8. The lowest BCUT2D eigenvalue weighted by Gasteiger charge is -2.18. The van der Waals surface area contributed by atoms with Crippen LogP contribution in [-0.2, 0) is 35.2 Å². The van der Waals surface area contributed by atoms with Gasteiger partial charge in [0.25, 0.3) is 17.3 Å². The molecule has 15 nitrogen and oxygen atoms in total. The Morgan fingerprint density at radius 3 is 1.36 bits per heavy atom. The molecule has 0 spiro atoms. The Hall–Kier alpha value is -15.2. The maximum atomic E-state index is 6.34. The summed E-state index contributed by atoms with van der Waals surface area (Å²) in [6.07, 6.45) is 10.8. The summed E-state index contributed by atoms with van der Waals surface area (Å²) in [7, 11) is 10.6. The number of hydrogen-bond donors (Lipinski definition) is 0. The van der Waals surface area contributed by atoms with Gasteiger partial charge in [0.15, 0.2) is 46.1 Å². The molecule has 0 N–H and O–H groups in total. The first kappa shape index (κ1) is 96.1. The van der Waals surface area contributed by atoms with Crippen molar-refractivity contribution in [2.45, 2.75) is 181 Å². The number of aromatic nitrogens is 13. The van der Waals surface area contributed by atoms with Gasteiger partial charge in [0.05, 0.1) is 54.2 Å². The summed E-state index contributed by atoms with van der Waals surface area (Å²) in [4.78, 5) is 23.5. The van der Waals surface area contributed by atoms with Crippen molar-refractivity contribution in [3.8, 4) is 79.3 Å². The Morgan fingerprint density at radius 2 is 0.787 bits per heavy atom. The molecule has 11 heterocycles. The maximum absolute atomic E-state index is 6.34. The number of para-hydroxylation sites is 5. The molecule has 11 aromatic carbocycles. The van der Waals surface area contributed by atoms with E-state index in [4.69, 9.17) is 23.8 Å². The van der Waals surface area contributed by atoms with Gasteiger partial charge in [-0.05, 0) is 191 Å². The van der Waals surface area contributed by atoms with Crippen LogP contribution in [0, 0.1) is 62.3 Å². The average molecular weight is 1860 g/mol. The quantitative estimate of drug-likeness (QED) is 0.0784. The smallest absolute Gasteiger partial charge is 0.295 e. The number of rotatable bonds is 14. The van der Waals surface area contributed by atoms with E-state index in [1.165, 1.54) is 156 Å². The fourth-order valence-corrected chi connectivity index (χ4v) is 20.7. The molecular formula is C126H132N13O2+5. The summed E-state index contributed by atoms with van der Waals surface area (Å²) in [6.45, 7) is 46.0. The second kappa shape index (κ2) is 39.6. The van der Waals surface area contributed by atoms with Crippen LogP contribution >= 0.6 is 0 Å². The molecule has 15 heteroatoms. The molecule has 0 saturated carbocycles. The van der Waals surface area contributed by atoms with Crippen LogP contribution in [0.3, 0.4) is 0 Å². The Labute approximate surface area is 829 Å². The molecular weight excluding hydrogens is 1730 g/mol. The molecule has 0 bridgehead atoms. The fraction of sp³-hybridized carbons (Fsp3) is 0.254. The van der Waals surface area contributed by atoms with Gasteiger partial charge < -0.3 is 8.83 Å². The standard InChI is InChI=1S/C28H30N5O.C27H31N2.C25H23N2.C23H19N2O.C23H29N2/c1-15(2)25-30-26(16(3)4)32-27(31-25)19-12-13-33(7)22(14-19)23-17(5)8-10-20-21-11-9-18(6)29-28(21)34-24(20)23;1-18(2)21-14-11-15-22(19(3)4)26(21)29-25-17-10-9-16-24(25)28(6)27(29)23-13-8-7-12-20(23)5;1-16-9-7-10-17(2)23(16)22-15-26(4)25-24-18(3)11-8-13-20(24)19-12-5-6-14-21(19)27(22)25;1-14-8-10-18-19-11-9-15(2)24-23(19)26-22(18)20(14)21-17-7-5-4-6-16(17)12-13-25(21)3;1-16(2)19-12-9-13-20(17(3)4)22(19)25-15-14-24(6)23(25)21-11-8-7-10-18(21)5/h8-16H,1-7H3;7-19H,1-6H3;5-15H,1-4H3;4-13H,1-3H3;7-17H,1-6H3/q5*+1. The third-order valence-electron chi connectivity index (χ3n) is 28.1. The van der Waals surface area contributed by atoms with Gasteiger partial charge in [-0.15, -0.1) is 0 Å². The number of fused-ring (bicyclic) bond motifs is 14. The van der Waals surface area contributed by atoms with Crippen LogP contribution in [0.15, 0.2) is 301 Å². The van der Waals surface area contributed by atoms with Crippen molar-refractivity contribution in [2.24, 2.45) is 35.2 Å². The first-order valence-corrected chi connectivity index (χ1v) is 49.8. The normalized spacial score (nSPS) is 11.7. The van der Waals surface area contributed by atoms with Gasteiger partial charge in [-0.1, -0.05) is 265 Å². The Balaban J connectivity index is 0.000000117. The van der Waals surface area contributed by atoms with E-state index in [0.29, 0.717) is 40.9 Å². The molecule has 0 atom stereocenters. The van der Waals surface area contributed by atoms with Gasteiger partial charge in [-0.2, -0.15) is 13.5 Å². The number of imidazole rings is 3. The van der Waals surface area contributed by atoms with Crippen LogP contribution in [0.2, 0.25) is 0 Å². The highest BCUT2D eigenvalue weighted by molar-refractivity contribution is 6.14. The third kappa shape index (κ3) is 18.1. The molecule has 141 heavy (non-hydrogen) atoms. The van der Waals surface area contributed by atoms with Gasteiger partial charge in [-0.25, -0.2) is 47.8 Å². The summed E-state index contributed by atoms with van der Waals surface area (Å²) in [5.74, 6) is 7.10. The molecule has 11 aromatic heterocycles.